The van der Waals surface area contributed by atoms with E-state index in [1.54, 1.807) is 18.5 Å². The smallest absolute Gasteiger partial charge is 0.231 e. The Labute approximate surface area is 225 Å². The zero-order valence-corrected chi connectivity index (χ0v) is 20.9. The predicted octanol–water partition coefficient (Wildman–Crippen LogP) is 4.29. The predicted molar refractivity (Wildman–Crippen MR) is 146 cm³/mol. The molecular weight excluding hydrogens is 486 g/mol. The summed E-state index contributed by atoms with van der Waals surface area (Å²) in [7, 11) is 0. The third kappa shape index (κ3) is 3.45. The quantitative estimate of drug-likeness (QED) is 0.308. The van der Waals surface area contributed by atoms with Crippen molar-refractivity contribution in [3.8, 4) is 0 Å². The lowest BCUT2D eigenvalue weighted by molar-refractivity contribution is -0.126. The van der Waals surface area contributed by atoms with Crippen LogP contribution in [0, 0.1) is 23.7 Å². The van der Waals surface area contributed by atoms with Crippen molar-refractivity contribution in [1.29, 1.82) is 0 Å². The minimum absolute atomic E-state index is 0.264. The molecule has 0 radical (unpaired) electrons. The molecule has 6 heteroatoms. The minimum atomic E-state index is -1.60. The summed E-state index contributed by atoms with van der Waals surface area (Å²) in [4.78, 5) is 35.7. The number of rotatable bonds is 5. The first-order valence-corrected chi connectivity index (χ1v) is 13.1. The van der Waals surface area contributed by atoms with E-state index >= 15 is 0 Å². The van der Waals surface area contributed by atoms with Gasteiger partial charge in [0.1, 0.15) is 0 Å². The summed E-state index contributed by atoms with van der Waals surface area (Å²) in [6.07, 6.45) is 5.41. The highest BCUT2D eigenvalue weighted by Gasteiger charge is 2.64. The van der Waals surface area contributed by atoms with E-state index in [4.69, 9.17) is 4.98 Å². The average Bonchev–Trinajstić information content (AvgIpc) is 3.63. The fraction of sp³-hybridized carbons (Fsp3) is 0.152. The topological polar surface area (TPSA) is 92.2 Å². The van der Waals surface area contributed by atoms with Gasteiger partial charge in [-0.2, -0.15) is 0 Å². The van der Waals surface area contributed by atoms with E-state index in [0.29, 0.717) is 16.8 Å². The molecule has 1 aliphatic heterocycles. The van der Waals surface area contributed by atoms with Crippen LogP contribution in [0.2, 0.25) is 0 Å². The molecule has 3 aliphatic rings. The molecule has 4 aromatic rings. The lowest BCUT2D eigenvalue weighted by Crippen LogP contribution is -2.38. The standard InChI is InChI=1S/C33H25N3O3/c37-31-28-22-19-23(33(39,21-13-5-2-6-14-21)25-16-8-10-18-35-25)29(30(28)32(38)36-31)27(22)26(20-11-3-1-4-12-20)24-15-7-9-17-34-24/h1-19,22,28-30,39H,(H,36,37,38)/b27-26+/t22-,28-,29+,30+,33-/m0/s1. The van der Waals surface area contributed by atoms with Gasteiger partial charge in [-0.3, -0.25) is 24.9 Å². The van der Waals surface area contributed by atoms with E-state index in [2.05, 4.69) is 10.3 Å². The van der Waals surface area contributed by atoms with Crippen LogP contribution in [0.15, 0.2) is 127 Å². The molecule has 39 heavy (non-hydrogen) atoms. The van der Waals surface area contributed by atoms with Crippen LogP contribution >= 0.6 is 0 Å². The van der Waals surface area contributed by atoms with Crippen molar-refractivity contribution in [3.63, 3.8) is 0 Å². The molecule has 0 spiro atoms. The van der Waals surface area contributed by atoms with Gasteiger partial charge >= 0.3 is 0 Å². The lowest BCUT2D eigenvalue weighted by Gasteiger charge is -2.36. The van der Waals surface area contributed by atoms with E-state index < -0.39 is 23.4 Å². The van der Waals surface area contributed by atoms with Crippen molar-refractivity contribution in [2.45, 2.75) is 5.60 Å². The normalized spacial score (nSPS) is 26.0. The Morgan fingerprint density at radius 2 is 1.38 bits per heavy atom. The van der Waals surface area contributed by atoms with Crippen LogP contribution in [0.1, 0.15) is 22.5 Å². The Bertz CT molecular complexity index is 1550. The molecule has 7 rings (SSSR count). The Morgan fingerprint density at radius 1 is 0.744 bits per heavy atom. The van der Waals surface area contributed by atoms with Crippen LogP contribution in [-0.4, -0.2) is 26.9 Å². The summed E-state index contributed by atoms with van der Waals surface area (Å²) in [5.74, 6) is -2.62. The first kappa shape index (κ1) is 23.4. The van der Waals surface area contributed by atoms with Crippen molar-refractivity contribution in [3.05, 3.63) is 149 Å². The number of aromatic nitrogens is 2. The molecule has 2 bridgehead atoms. The largest absolute Gasteiger partial charge is 0.375 e. The van der Waals surface area contributed by atoms with Gasteiger partial charge < -0.3 is 5.11 Å². The Morgan fingerprint density at radius 3 is 2.05 bits per heavy atom. The molecule has 6 nitrogen and oxygen atoms in total. The van der Waals surface area contributed by atoms with Gasteiger partial charge in [0, 0.05) is 29.8 Å². The number of carbonyl (C=O) groups excluding carboxylic acids is 2. The number of hydrogen-bond acceptors (Lipinski definition) is 5. The van der Waals surface area contributed by atoms with Gasteiger partial charge in [-0.25, -0.2) is 0 Å². The van der Waals surface area contributed by atoms with E-state index in [-0.39, 0.29) is 17.7 Å². The Balaban J connectivity index is 1.53. The van der Waals surface area contributed by atoms with Crippen molar-refractivity contribution in [2.75, 3.05) is 0 Å². The van der Waals surface area contributed by atoms with Gasteiger partial charge in [0.2, 0.25) is 11.8 Å². The van der Waals surface area contributed by atoms with Crippen LogP contribution in [0.3, 0.4) is 0 Å². The van der Waals surface area contributed by atoms with Crippen molar-refractivity contribution >= 4 is 17.4 Å². The van der Waals surface area contributed by atoms with Crippen LogP contribution in [0.25, 0.3) is 5.57 Å². The SMILES string of the molecule is O=C1NC(=O)[C@@H]2[C@@H]1[C@@H]1C([C@@](O)(c3ccccc3)c3ccccn3)=C[C@H]2/C1=C(/c1ccccc1)c1ccccn1. The van der Waals surface area contributed by atoms with E-state index in [1.807, 2.05) is 97.1 Å². The summed E-state index contributed by atoms with van der Waals surface area (Å²) in [6, 6.07) is 30.6. The molecule has 2 aromatic heterocycles. The third-order valence-electron chi connectivity index (χ3n) is 8.29. The molecule has 3 heterocycles. The summed E-state index contributed by atoms with van der Waals surface area (Å²) in [5, 5.41) is 15.3. The molecule has 1 saturated heterocycles. The van der Waals surface area contributed by atoms with E-state index in [1.165, 1.54) is 0 Å². The number of benzene rings is 2. The van der Waals surface area contributed by atoms with Crippen molar-refractivity contribution < 1.29 is 14.7 Å². The number of allylic oxidation sites excluding steroid dienone is 2. The van der Waals surface area contributed by atoms with Gasteiger partial charge in [-0.1, -0.05) is 78.9 Å². The number of aliphatic hydroxyl groups is 1. The number of nitrogens with zero attached hydrogens (tertiary/aromatic N) is 2. The van der Waals surface area contributed by atoms with Crippen molar-refractivity contribution in [1.82, 2.24) is 15.3 Å². The number of nitrogens with one attached hydrogen (secondary N) is 1. The highest BCUT2D eigenvalue weighted by Crippen LogP contribution is 2.63. The lowest BCUT2D eigenvalue weighted by atomic mass is 9.71. The fourth-order valence-electron chi connectivity index (χ4n) is 6.77. The van der Waals surface area contributed by atoms with Crippen molar-refractivity contribution in [2.24, 2.45) is 23.7 Å². The van der Waals surface area contributed by atoms with Crippen LogP contribution < -0.4 is 5.32 Å². The summed E-state index contributed by atoms with van der Waals surface area (Å²) < 4.78 is 0. The molecule has 2 aromatic carbocycles. The van der Waals surface area contributed by atoms with Crippen LogP contribution in [-0.2, 0) is 15.2 Å². The molecule has 0 unspecified atom stereocenters. The number of hydrogen-bond donors (Lipinski definition) is 2. The first-order chi connectivity index (χ1) is 19.1. The molecule has 2 amide bonds. The molecule has 5 atom stereocenters. The molecule has 1 saturated carbocycles. The highest BCUT2D eigenvalue weighted by atomic mass is 16.3. The number of carbonyl (C=O) groups is 2. The maximum atomic E-state index is 13.3. The zero-order valence-electron chi connectivity index (χ0n) is 20.9. The number of imide groups is 1. The monoisotopic (exact) mass is 511 g/mol. The van der Waals surface area contributed by atoms with Crippen LogP contribution in [0.5, 0.6) is 0 Å². The Hall–Kier alpha value is -4.68. The van der Waals surface area contributed by atoms with Gasteiger partial charge in [0.15, 0.2) is 5.60 Å². The Kier molecular flexibility index (Phi) is 5.39. The first-order valence-electron chi connectivity index (χ1n) is 13.1. The maximum Gasteiger partial charge on any atom is 0.231 e. The average molecular weight is 512 g/mol. The zero-order chi connectivity index (χ0) is 26.6. The number of fused-ring (bicyclic) bond motifs is 5. The van der Waals surface area contributed by atoms with Gasteiger partial charge in [-0.05, 0) is 46.5 Å². The van der Waals surface area contributed by atoms with E-state index in [9.17, 15) is 14.7 Å². The fourth-order valence-corrected chi connectivity index (χ4v) is 6.77. The maximum absolute atomic E-state index is 13.3. The molecule has 2 fully saturated rings. The molecule has 2 N–H and O–H groups in total. The van der Waals surface area contributed by atoms with Crippen LogP contribution in [0.4, 0.5) is 0 Å². The highest BCUT2D eigenvalue weighted by molar-refractivity contribution is 6.08. The number of amides is 2. The molecule has 2 aliphatic carbocycles. The third-order valence-corrected chi connectivity index (χ3v) is 8.29. The van der Waals surface area contributed by atoms with Gasteiger partial charge in [-0.15, -0.1) is 0 Å². The molecular formula is C33H25N3O3. The summed E-state index contributed by atoms with van der Waals surface area (Å²) >= 11 is 0. The number of pyridine rings is 2. The summed E-state index contributed by atoms with van der Waals surface area (Å²) in [6.45, 7) is 0. The van der Waals surface area contributed by atoms with Gasteiger partial charge in [0.25, 0.3) is 0 Å². The minimum Gasteiger partial charge on any atom is -0.375 e. The second-order valence-electron chi connectivity index (χ2n) is 10.2. The van der Waals surface area contributed by atoms with E-state index in [0.717, 1.165) is 22.4 Å². The second kappa shape index (κ2) is 8.96. The van der Waals surface area contributed by atoms with Gasteiger partial charge in [0.05, 0.1) is 23.2 Å². The molecule has 190 valence electrons. The summed E-state index contributed by atoms with van der Waals surface area (Å²) in [5.41, 5.74) is 3.74. The second-order valence-corrected chi connectivity index (χ2v) is 10.2.